The van der Waals surface area contributed by atoms with Gasteiger partial charge in [0.25, 0.3) is 0 Å². The molecule has 11 heavy (non-hydrogen) atoms. The van der Waals surface area contributed by atoms with Crippen molar-refractivity contribution in [3.63, 3.8) is 0 Å². The summed E-state index contributed by atoms with van der Waals surface area (Å²) in [6, 6.07) is 0. The number of fused-ring (bicyclic) bond motifs is 1. The van der Waals surface area contributed by atoms with Crippen LogP contribution in [0.25, 0.3) is 0 Å². The first-order valence-corrected chi connectivity index (χ1v) is 4.88. The van der Waals surface area contributed by atoms with Crippen LogP contribution in [0.5, 0.6) is 0 Å². The molecule has 0 aromatic carbocycles. The van der Waals surface area contributed by atoms with Gasteiger partial charge in [-0.25, -0.2) is 0 Å². The van der Waals surface area contributed by atoms with Crippen molar-refractivity contribution in [1.29, 1.82) is 0 Å². The molecule has 0 aliphatic heterocycles. The van der Waals surface area contributed by atoms with Crippen molar-refractivity contribution in [1.82, 2.24) is 0 Å². The van der Waals surface area contributed by atoms with Gasteiger partial charge in [0.15, 0.2) is 5.78 Å². The molecule has 3 atom stereocenters. The first kappa shape index (κ1) is 7.60. The Morgan fingerprint density at radius 1 is 1.27 bits per heavy atom. The van der Waals surface area contributed by atoms with Crippen LogP contribution in [0.2, 0.25) is 0 Å². The van der Waals surface area contributed by atoms with Crippen LogP contribution >= 0.6 is 11.6 Å². The SMILES string of the molecule is O=C1C[C@H]2CCCC2CC1Cl. The number of hydrogen-bond donors (Lipinski definition) is 0. The first-order chi connectivity index (χ1) is 5.27. The topological polar surface area (TPSA) is 17.1 Å². The quantitative estimate of drug-likeness (QED) is 0.513. The van der Waals surface area contributed by atoms with Crippen molar-refractivity contribution in [3.8, 4) is 0 Å². The largest absolute Gasteiger partial charge is 0.298 e. The van der Waals surface area contributed by atoms with Crippen LogP contribution in [0.15, 0.2) is 0 Å². The van der Waals surface area contributed by atoms with Crippen molar-refractivity contribution in [2.24, 2.45) is 11.8 Å². The lowest BCUT2D eigenvalue weighted by Gasteiger charge is -2.27. The molecule has 2 rings (SSSR count). The standard InChI is InChI=1S/C9H13ClO/c10-8-4-6-2-1-3-7(6)5-9(8)11/h6-8H,1-5H2/t6?,7-,8?/m1/s1. The van der Waals surface area contributed by atoms with Crippen molar-refractivity contribution >= 4 is 17.4 Å². The number of halogens is 1. The highest BCUT2D eigenvalue weighted by Crippen LogP contribution is 2.42. The predicted molar refractivity (Wildman–Crippen MR) is 44.7 cm³/mol. The molecule has 0 saturated heterocycles. The van der Waals surface area contributed by atoms with Crippen LogP contribution in [0.1, 0.15) is 32.1 Å². The fraction of sp³-hybridized carbons (Fsp3) is 0.889. The lowest BCUT2D eigenvalue weighted by atomic mass is 9.81. The van der Waals surface area contributed by atoms with E-state index in [1.807, 2.05) is 0 Å². The number of ketones is 1. The molecule has 0 heterocycles. The number of rotatable bonds is 0. The molecule has 2 saturated carbocycles. The van der Waals surface area contributed by atoms with E-state index in [0.717, 1.165) is 18.8 Å². The second-order valence-electron chi connectivity index (χ2n) is 3.82. The van der Waals surface area contributed by atoms with E-state index in [0.29, 0.717) is 5.92 Å². The summed E-state index contributed by atoms with van der Waals surface area (Å²) in [5, 5.41) is -0.158. The maximum Gasteiger partial charge on any atom is 0.150 e. The van der Waals surface area contributed by atoms with E-state index in [-0.39, 0.29) is 11.2 Å². The summed E-state index contributed by atoms with van der Waals surface area (Å²) in [4.78, 5) is 11.2. The normalized spacial score (nSPS) is 44.1. The highest BCUT2D eigenvalue weighted by molar-refractivity contribution is 6.31. The number of carbonyl (C=O) groups is 1. The Morgan fingerprint density at radius 3 is 2.82 bits per heavy atom. The summed E-state index contributed by atoms with van der Waals surface area (Å²) < 4.78 is 0. The highest BCUT2D eigenvalue weighted by Gasteiger charge is 2.37. The van der Waals surface area contributed by atoms with Crippen LogP contribution < -0.4 is 0 Å². The molecule has 2 fully saturated rings. The second-order valence-corrected chi connectivity index (χ2v) is 4.35. The zero-order valence-electron chi connectivity index (χ0n) is 6.55. The summed E-state index contributed by atoms with van der Waals surface area (Å²) in [5.41, 5.74) is 0. The Hall–Kier alpha value is -0.0400. The fourth-order valence-electron chi connectivity index (χ4n) is 2.48. The second kappa shape index (κ2) is 2.78. The minimum atomic E-state index is -0.158. The van der Waals surface area contributed by atoms with E-state index in [4.69, 9.17) is 11.6 Å². The molecular weight excluding hydrogens is 160 g/mol. The Kier molecular flexibility index (Phi) is 1.92. The molecule has 1 nitrogen and oxygen atoms in total. The van der Waals surface area contributed by atoms with Gasteiger partial charge in [0.05, 0.1) is 5.38 Å². The maximum absolute atomic E-state index is 11.2. The Morgan fingerprint density at radius 2 is 2.00 bits per heavy atom. The third-order valence-corrected chi connectivity index (χ3v) is 3.56. The predicted octanol–water partition coefficient (Wildman–Crippen LogP) is 2.37. The Labute approximate surface area is 72.1 Å². The molecule has 0 N–H and O–H groups in total. The summed E-state index contributed by atoms with van der Waals surface area (Å²) in [7, 11) is 0. The van der Waals surface area contributed by atoms with Crippen LogP contribution in [-0.2, 0) is 4.79 Å². The van der Waals surface area contributed by atoms with Gasteiger partial charge in [0.1, 0.15) is 0 Å². The number of carbonyl (C=O) groups excluding carboxylic acids is 1. The van der Waals surface area contributed by atoms with Gasteiger partial charge < -0.3 is 0 Å². The highest BCUT2D eigenvalue weighted by atomic mass is 35.5. The van der Waals surface area contributed by atoms with Gasteiger partial charge in [-0.2, -0.15) is 0 Å². The lowest BCUT2D eigenvalue weighted by Crippen LogP contribution is -2.29. The number of alkyl halides is 1. The Balaban J connectivity index is 2.06. The number of Topliss-reactive ketones (excluding diaryl/α,β-unsaturated/α-hetero) is 1. The molecule has 0 aromatic heterocycles. The molecule has 2 aliphatic rings. The third kappa shape index (κ3) is 1.31. The summed E-state index contributed by atoms with van der Waals surface area (Å²) in [6.45, 7) is 0. The molecular formula is C9H13ClO. The minimum Gasteiger partial charge on any atom is -0.298 e. The van der Waals surface area contributed by atoms with E-state index in [1.165, 1.54) is 19.3 Å². The summed E-state index contributed by atoms with van der Waals surface area (Å²) in [6.07, 6.45) is 5.59. The molecule has 2 aliphatic carbocycles. The lowest BCUT2D eigenvalue weighted by molar-refractivity contribution is -0.121. The Bertz CT molecular complexity index is 178. The molecule has 2 heteroatoms. The molecule has 62 valence electrons. The average molecular weight is 173 g/mol. The molecule has 2 unspecified atom stereocenters. The van der Waals surface area contributed by atoms with Crippen molar-refractivity contribution in [2.45, 2.75) is 37.5 Å². The summed E-state index contributed by atoms with van der Waals surface area (Å²) >= 11 is 5.88. The average Bonchev–Trinajstić information content (AvgIpc) is 2.36. The molecule has 0 radical (unpaired) electrons. The van der Waals surface area contributed by atoms with Crippen LogP contribution in [0.4, 0.5) is 0 Å². The van der Waals surface area contributed by atoms with Crippen molar-refractivity contribution < 1.29 is 4.79 Å². The summed E-state index contributed by atoms with van der Waals surface area (Å²) in [5.74, 6) is 1.75. The third-order valence-electron chi connectivity index (χ3n) is 3.14. The van der Waals surface area contributed by atoms with E-state index >= 15 is 0 Å². The van der Waals surface area contributed by atoms with E-state index in [2.05, 4.69) is 0 Å². The first-order valence-electron chi connectivity index (χ1n) is 4.44. The van der Waals surface area contributed by atoms with Crippen LogP contribution in [-0.4, -0.2) is 11.2 Å². The van der Waals surface area contributed by atoms with Gasteiger partial charge in [-0.05, 0) is 24.7 Å². The van der Waals surface area contributed by atoms with E-state index in [1.54, 1.807) is 0 Å². The minimum absolute atomic E-state index is 0.158. The van der Waals surface area contributed by atoms with E-state index < -0.39 is 0 Å². The van der Waals surface area contributed by atoms with Gasteiger partial charge in [-0.3, -0.25) is 4.79 Å². The molecule has 0 aromatic rings. The van der Waals surface area contributed by atoms with Gasteiger partial charge in [0.2, 0.25) is 0 Å². The zero-order valence-corrected chi connectivity index (χ0v) is 7.31. The van der Waals surface area contributed by atoms with Crippen molar-refractivity contribution in [2.75, 3.05) is 0 Å². The fourth-order valence-corrected chi connectivity index (χ4v) is 2.79. The molecule has 0 amide bonds. The van der Waals surface area contributed by atoms with Crippen LogP contribution in [0, 0.1) is 11.8 Å². The molecule has 0 spiro atoms. The van der Waals surface area contributed by atoms with E-state index in [9.17, 15) is 4.79 Å². The molecule has 0 bridgehead atoms. The number of hydrogen-bond acceptors (Lipinski definition) is 1. The van der Waals surface area contributed by atoms with Gasteiger partial charge >= 0.3 is 0 Å². The smallest absolute Gasteiger partial charge is 0.150 e. The monoisotopic (exact) mass is 172 g/mol. The van der Waals surface area contributed by atoms with Crippen molar-refractivity contribution in [3.05, 3.63) is 0 Å². The van der Waals surface area contributed by atoms with Gasteiger partial charge in [-0.1, -0.05) is 12.8 Å². The van der Waals surface area contributed by atoms with Gasteiger partial charge in [0, 0.05) is 6.42 Å². The zero-order chi connectivity index (χ0) is 7.84. The van der Waals surface area contributed by atoms with Crippen LogP contribution in [0.3, 0.4) is 0 Å². The van der Waals surface area contributed by atoms with Gasteiger partial charge in [-0.15, -0.1) is 11.6 Å². The maximum atomic E-state index is 11.2.